The van der Waals surface area contributed by atoms with E-state index in [0.29, 0.717) is 11.2 Å². The van der Waals surface area contributed by atoms with Crippen LogP contribution in [0.2, 0.25) is 0 Å². The molecule has 0 saturated carbocycles. The third kappa shape index (κ3) is 2.26. The number of nitrogens with zero attached hydrogens (tertiary/aromatic N) is 2. The smallest absolute Gasteiger partial charge is 0.271 e. The molecule has 0 saturated heterocycles. The molecule has 0 amide bonds. The zero-order chi connectivity index (χ0) is 13.4. The van der Waals surface area contributed by atoms with Crippen LogP contribution in [0, 0.1) is 10.1 Å². The largest absolute Gasteiger partial charge is 0.452 e. The van der Waals surface area contributed by atoms with Crippen LogP contribution in [0.4, 0.5) is 5.69 Å². The minimum atomic E-state index is -0.389. The van der Waals surface area contributed by atoms with Gasteiger partial charge in [-0.2, -0.15) is 0 Å². The zero-order valence-electron chi connectivity index (χ0n) is 9.75. The Morgan fingerprint density at radius 2 is 2.11 bits per heavy atom. The van der Waals surface area contributed by atoms with Crippen molar-refractivity contribution in [2.24, 2.45) is 0 Å². The fourth-order valence-electron chi connectivity index (χ4n) is 2.03. The molecule has 0 fully saturated rings. The average molecular weight is 321 g/mol. The van der Waals surface area contributed by atoms with Gasteiger partial charge in [0.15, 0.2) is 4.67 Å². The average Bonchev–Trinajstić information content (AvgIpc) is 2.96. The number of fused-ring (bicyclic) bond motifs is 1. The zero-order valence-corrected chi connectivity index (χ0v) is 11.3. The Morgan fingerprint density at radius 3 is 2.79 bits per heavy atom. The van der Waals surface area contributed by atoms with Crippen molar-refractivity contribution in [1.29, 1.82) is 0 Å². The van der Waals surface area contributed by atoms with Gasteiger partial charge in [-0.05, 0) is 40.2 Å². The molecule has 0 aliphatic heterocycles. The van der Waals surface area contributed by atoms with Crippen LogP contribution in [0.15, 0.2) is 51.7 Å². The molecule has 6 heteroatoms. The van der Waals surface area contributed by atoms with Crippen molar-refractivity contribution in [2.75, 3.05) is 0 Å². The Morgan fingerprint density at radius 1 is 1.26 bits per heavy atom. The van der Waals surface area contributed by atoms with Gasteiger partial charge in [0.2, 0.25) is 0 Å². The minimum absolute atomic E-state index is 0.0908. The van der Waals surface area contributed by atoms with Gasteiger partial charge in [-0.3, -0.25) is 10.1 Å². The lowest BCUT2D eigenvalue weighted by Gasteiger charge is -2.02. The molecule has 0 spiro atoms. The normalized spacial score (nSPS) is 11.0. The van der Waals surface area contributed by atoms with Gasteiger partial charge >= 0.3 is 0 Å². The van der Waals surface area contributed by atoms with Gasteiger partial charge in [0.05, 0.1) is 17.0 Å². The van der Waals surface area contributed by atoms with E-state index in [1.54, 1.807) is 12.1 Å². The highest BCUT2D eigenvalue weighted by atomic mass is 79.9. The van der Waals surface area contributed by atoms with E-state index in [4.69, 9.17) is 4.42 Å². The van der Waals surface area contributed by atoms with Gasteiger partial charge in [-0.25, -0.2) is 0 Å². The van der Waals surface area contributed by atoms with E-state index in [9.17, 15) is 10.1 Å². The third-order valence-corrected chi connectivity index (χ3v) is 3.35. The Balaban J connectivity index is 2.03. The van der Waals surface area contributed by atoms with E-state index in [0.717, 1.165) is 16.7 Å². The lowest BCUT2D eigenvalue weighted by molar-refractivity contribution is -0.384. The fourth-order valence-corrected chi connectivity index (χ4v) is 2.37. The van der Waals surface area contributed by atoms with Crippen LogP contribution >= 0.6 is 15.9 Å². The molecular formula is C13H9BrN2O3. The summed E-state index contributed by atoms with van der Waals surface area (Å²) in [4.78, 5) is 10.4. The van der Waals surface area contributed by atoms with E-state index in [-0.39, 0.29) is 10.6 Å². The first-order valence-corrected chi connectivity index (χ1v) is 6.40. The molecule has 0 radical (unpaired) electrons. The predicted octanol–water partition coefficient (Wildman–Crippen LogP) is 3.95. The molecule has 0 aliphatic carbocycles. The van der Waals surface area contributed by atoms with Gasteiger partial charge in [0.1, 0.15) is 5.76 Å². The van der Waals surface area contributed by atoms with Crippen LogP contribution < -0.4 is 0 Å². The van der Waals surface area contributed by atoms with Crippen LogP contribution in [0.5, 0.6) is 0 Å². The highest BCUT2D eigenvalue weighted by Gasteiger charge is 2.10. The van der Waals surface area contributed by atoms with E-state index >= 15 is 0 Å². The van der Waals surface area contributed by atoms with E-state index < -0.39 is 0 Å². The Hall–Kier alpha value is -2.08. The summed E-state index contributed by atoms with van der Waals surface area (Å²) in [5.41, 5.74) is 0.912. The summed E-state index contributed by atoms with van der Waals surface area (Å²) < 4.78 is 8.04. The molecule has 1 aromatic carbocycles. The summed E-state index contributed by atoms with van der Waals surface area (Å²) in [5.74, 6) is 0.788. The second-order valence-electron chi connectivity index (χ2n) is 4.15. The molecular weight excluding hydrogens is 312 g/mol. The molecule has 3 aromatic rings. The maximum atomic E-state index is 10.8. The number of nitro groups is 1. The van der Waals surface area contributed by atoms with Crippen LogP contribution in [0.25, 0.3) is 10.9 Å². The number of benzene rings is 1. The Kier molecular flexibility index (Phi) is 2.87. The van der Waals surface area contributed by atoms with Crippen LogP contribution in [0.3, 0.4) is 0 Å². The highest BCUT2D eigenvalue weighted by molar-refractivity contribution is 9.10. The fraction of sp³-hybridized carbons (Fsp3) is 0.0769. The van der Waals surface area contributed by atoms with Crippen molar-refractivity contribution in [3.8, 4) is 0 Å². The van der Waals surface area contributed by atoms with Crippen molar-refractivity contribution in [1.82, 2.24) is 4.57 Å². The monoisotopic (exact) mass is 320 g/mol. The first kappa shape index (κ1) is 12.0. The summed E-state index contributed by atoms with van der Waals surface area (Å²) >= 11 is 3.25. The number of halogens is 1. The van der Waals surface area contributed by atoms with Crippen molar-refractivity contribution < 1.29 is 9.34 Å². The third-order valence-electron chi connectivity index (χ3n) is 2.92. The molecule has 2 aromatic heterocycles. The van der Waals surface area contributed by atoms with Crippen molar-refractivity contribution in [3.05, 3.63) is 63.1 Å². The maximum absolute atomic E-state index is 10.8. The molecule has 0 aliphatic rings. The molecule has 96 valence electrons. The van der Waals surface area contributed by atoms with E-state index in [1.807, 2.05) is 29.0 Å². The SMILES string of the molecule is O=[N+]([O-])c1ccc2ccn(Cc3ccc(Br)o3)c2c1. The summed E-state index contributed by atoms with van der Waals surface area (Å²) in [6.45, 7) is 0.538. The highest BCUT2D eigenvalue weighted by Crippen LogP contribution is 2.23. The first-order chi connectivity index (χ1) is 9.13. The quantitative estimate of drug-likeness (QED) is 0.542. The van der Waals surface area contributed by atoms with Gasteiger partial charge in [0, 0.05) is 23.7 Å². The van der Waals surface area contributed by atoms with Crippen LogP contribution in [-0.4, -0.2) is 9.49 Å². The summed E-state index contributed by atoms with van der Waals surface area (Å²) in [7, 11) is 0. The number of rotatable bonds is 3. The second-order valence-corrected chi connectivity index (χ2v) is 4.93. The Labute approximate surface area is 116 Å². The molecule has 19 heavy (non-hydrogen) atoms. The first-order valence-electron chi connectivity index (χ1n) is 5.61. The van der Waals surface area contributed by atoms with Crippen molar-refractivity contribution in [2.45, 2.75) is 6.54 Å². The van der Waals surface area contributed by atoms with Gasteiger partial charge in [-0.15, -0.1) is 0 Å². The molecule has 5 nitrogen and oxygen atoms in total. The number of hydrogen-bond donors (Lipinski definition) is 0. The summed E-state index contributed by atoms with van der Waals surface area (Å²) in [5, 5.41) is 11.8. The minimum Gasteiger partial charge on any atom is -0.452 e. The van der Waals surface area contributed by atoms with Crippen molar-refractivity contribution >= 4 is 32.5 Å². The lowest BCUT2D eigenvalue weighted by atomic mass is 10.2. The van der Waals surface area contributed by atoms with E-state index in [2.05, 4.69) is 15.9 Å². The molecule has 3 rings (SSSR count). The molecule has 0 atom stereocenters. The van der Waals surface area contributed by atoms with Gasteiger partial charge < -0.3 is 8.98 Å². The molecule has 2 heterocycles. The summed E-state index contributed by atoms with van der Waals surface area (Å²) in [6, 6.07) is 10.5. The Bertz CT molecular complexity index is 760. The number of hydrogen-bond acceptors (Lipinski definition) is 3. The number of furan rings is 1. The lowest BCUT2D eigenvalue weighted by Crippen LogP contribution is -1.97. The van der Waals surface area contributed by atoms with Crippen molar-refractivity contribution in [3.63, 3.8) is 0 Å². The summed E-state index contributed by atoms with van der Waals surface area (Å²) in [6.07, 6.45) is 1.89. The molecule has 0 bridgehead atoms. The maximum Gasteiger partial charge on any atom is 0.271 e. The van der Waals surface area contributed by atoms with Gasteiger partial charge in [-0.1, -0.05) is 0 Å². The number of nitro benzene ring substituents is 1. The standard InChI is InChI=1S/C13H9BrN2O3/c14-13-4-3-11(19-13)8-15-6-5-9-1-2-10(16(17)18)7-12(9)15/h1-7H,8H2. The predicted molar refractivity (Wildman–Crippen MR) is 74.1 cm³/mol. The topological polar surface area (TPSA) is 61.2 Å². The van der Waals surface area contributed by atoms with Crippen LogP contribution in [0.1, 0.15) is 5.76 Å². The molecule has 0 N–H and O–H groups in total. The number of non-ortho nitro benzene ring substituents is 1. The number of aromatic nitrogens is 1. The second kappa shape index (κ2) is 4.55. The van der Waals surface area contributed by atoms with Crippen LogP contribution in [-0.2, 0) is 6.54 Å². The molecule has 0 unspecified atom stereocenters. The van der Waals surface area contributed by atoms with E-state index in [1.165, 1.54) is 6.07 Å². The van der Waals surface area contributed by atoms with Gasteiger partial charge in [0.25, 0.3) is 5.69 Å².